The second kappa shape index (κ2) is 5.42. The Morgan fingerprint density at radius 2 is 2.27 bits per heavy atom. The minimum absolute atomic E-state index is 0.146. The molecule has 5 heteroatoms. The lowest BCUT2D eigenvalue weighted by molar-refractivity contribution is 0.111. The van der Waals surface area contributed by atoms with Crippen LogP contribution in [-0.4, -0.2) is 17.1 Å². The van der Waals surface area contributed by atoms with Gasteiger partial charge < -0.3 is 9.72 Å². The molecule has 0 fully saturated rings. The molecule has 0 spiro atoms. The molecular formula is C10H15BrN2O2. The van der Waals surface area contributed by atoms with Crippen molar-refractivity contribution in [3.8, 4) is 0 Å². The zero-order chi connectivity index (χ0) is 11.4. The molecule has 0 aromatic carbocycles. The monoisotopic (exact) mass is 274 g/mol. The number of halogens is 1. The van der Waals surface area contributed by atoms with Crippen molar-refractivity contribution in [1.82, 2.24) is 9.97 Å². The zero-order valence-electron chi connectivity index (χ0n) is 9.13. The van der Waals surface area contributed by atoms with Gasteiger partial charge in [0.2, 0.25) is 0 Å². The summed E-state index contributed by atoms with van der Waals surface area (Å²) >= 11 is 3.24. The van der Waals surface area contributed by atoms with Crippen molar-refractivity contribution in [1.29, 1.82) is 0 Å². The number of rotatable bonds is 4. The van der Waals surface area contributed by atoms with E-state index in [9.17, 15) is 4.79 Å². The van der Waals surface area contributed by atoms with E-state index < -0.39 is 0 Å². The van der Waals surface area contributed by atoms with Crippen LogP contribution >= 0.6 is 15.9 Å². The van der Waals surface area contributed by atoms with E-state index in [0.717, 1.165) is 18.5 Å². The lowest BCUT2D eigenvalue weighted by atomic mass is 10.2. The molecule has 0 aliphatic heterocycles. The number of ether oxygens (including phenoxy) is 1. The molecule has 0 aliphatic carbocycles. The number of nitrogens with zero attached hydrogens (tertiary/aromatic N) is 1. The number of hydrogen-bond donors (Lipinski definition) is 1. The molecule has 0 bridgehead atoms. The Labute approximate surface area is 97.2 Å². The number of nitrogens with one attached hydrogen (secondary N) is 1. The Hall–Kier alpha value is -0.680. The van der Waals surface area contributed by atoms with Gasteiger partial charge in [0.25, 0.3) is 5.56 Å². The third kappa shape index (κ3) is 2.89. The highest BCUT2D eigenvalue weighted by molar-refractivity contribution is 9.10. The second-order valence-corrected chi connectivity index (χ2v) is 4.13. The van der Waals surface area contributed by atoms with E-state index in [-0.39, 0.29) is 11.7 Å². The normalized spacial score (nSPS) is 12.8. The molecule has 1 aromatic rings. The number of hydrogen-bond acceptors (Lipinski definition) is 3. The minimum atomic E-state index is -0.193. The molecule has 0 radical (unpaired) electrons. The van der Waals surface area contributed by atoms with Crippen LogP contribution in [0.5, 0.6) is 0 Å². The van der Waals surface area contributed by atoms with E-state index in [1.54, 1.807) is 7.11 Å². The molecule has 1 atom stereocenters. The first-order valence-electron chi connectivity index (χ1n) is 4.91. The molecule has 1 rings (SSSR count). The molecule has 0 amide bonds. The van der Waals surface area contributed by atoms with Crippen LogP contribution in [-0.2, 0) is 11.2 Å². The lowest BCUT2D eigenvalue weighted by Crippen LogP contribution is -2.17. The van der Waals surface area contributed by atoms with Crippen LogP contribution in [0, 0.1) is 0 Å². The van der Waals surface area contributed by atoms with Crippen LogP contribution < -0.4 is 5.56 Å². The van der Waals surface area contributed by atoms with Crippen LogP contribution in [0.4, 0.5) is 0 Å². The van der Waals surface area contributed by atoms with Crippen molar-refractivity contribution < 1.29 is 4.74 Å². The quantitative estimate of drug-likeness (QED) is 0.916. The van der Waals surface area contributed by atoms with Gasteiger partial charge in [0.1, 0.15) is 16.4 Å². The smallest absolute Gasteiger partial charge is 0.265 e. The second-order valence-electron chi connectivity index (χ2n) is 3.34. The van der Waals surface area contributed by atoms with Crippen molar-refractivity contribution >= 4 is 15.9 Å². The molecule has 15 heavy (non-hydrogen) atoms. The highest BCUT2D eigenvalue weighted by Gasteiger charge is 2.12. The van der Waals surface area contributed by atoms with Gasteiger partial charge in [-0.15, -0.1) is 0 Å². The Morgan fingerprint density at radius 3 is 2.80 bits per heavy atom. The molecule has 0 aliphatic rings. The molecule has 1 unspecified atom stereocenters. The summed E-state index contributed by atoms with van der Waals surface area (Å²) in [5.74, 6) is 0.578. The van der Waals surface area contributed by atoms with Crippen LogP contribution in [0.2, 0.25) is 0 Å². The van der Waals surface area contributed by atoms with Crippen molar-refractivity contribution in [3.63, 3.8) is 0 Å². The first-order chi connectivity index (χ1) is 7.10. The molecule has 0 saturated carbocycles. The largest absolute Gasteiger partial charge is 0.374 e. The minimum Gasteiger partial charge on any atom is -0.374 e. The SMILES string of the molecule is CCCc1nc(C(C)OC)[nH]c(=O)c1Br. The highest BCUT2D eigenvalue weighted by Crippen LogP contribution is 2.15. The summed E-state index contributed by atoms with van der Waals surface area (Å²) < 4.78 is 5.64. The summed E-state index contributed by atoms with van der Waals surface area (Å²) in [5, 5.41) is 0. The van der Waals surface area contributed by atoms with Gasteiger partial charge in [-0.05, 0) is 29.3 Å². The fourth-order valence-electron chi connectivity index (χ4n) is 1.23. The van der Waals surface area contributed by atoms with Gasteiger partial charge in [-0.1, -0.05) is 13.3 Å². The molecule has 84 valence electrons. The summed E-state index contributed by atoms with van der Waals surface area (Å²) in [7, 11) is 1.59. The van der Waals surface area contributed by atoms with Gasteiger partial charge in [-0.25, -0.2) is 4.98 Å². The van der Waals surface area contributed by atoms with Gasteiger partial charge in [-0.3, -0.25) is 4.79 Å². The van der Waals surface area contributed by atoms with E-state index in [2.05, 4.69) is 32.8 Å². The van der Waals surface area contributed by atoms with Gasteiger partial charge in [0.15, 0.2) is 0 Å². The van der Waals surface area contributed by atoms with Crippen molar-refractivity contribution in [2.75, 3.05) is 7.11 Å². The summed E-state index contributed by atoms with van der Waals surface area (Å²) in [6.45, 7) is 3.90. The van der Waals surface area contributed by atoms with Crippen molar-refractivity contribution in [2.45, 2.75) is 32.8 Å². The van der Waals surface area contributed by atoms with E-state index in [1.165, 1.54) is 0 Å². The lowest BCUT2D eigenvalue weighted by Gasteiger charge is -2.10. The topological polar surface area (TPSA) is 55.0 Å². The van der Waals surface area contributed by atoms with E-state index in [4.69, 9.17) is 4.74 Å². The number of methoxy groups -OCH3 is 1. The van der Waals surface area contributed by atoms with Gasteiger partial charge in [-0.2, -0.15) is 0 Å². The number of aromatic amines is 1. The summed E-state index contributed by atoms with van der Waals surface area (Å²) in [4.78, 5) is 18.6. The Kier molecular flexibility index (Phi) is 4.47. The summed E-state index contributed by atoms with van der Waals surface area (Å²) in [6.07, 6.45) is 1.55. The third-order valence-electron chi connectivity index (χ3n) is 2.18. The van der Waals surface area contributed by atoms with Crippen LogP contribution in [0.3, 0.4) is 0 Å². The average Bonchev–Trinajstić information content (AvgIpc) is 2.23. The van der Waals surface area contributed by atoms with Gasteiger partial charge in [0, 0.05) is 7.11 Å². The summed E-state index contributed by atoms with van der Waals surface area (Å²) in [6, 6.07) is 0. The number of H-pyrrole nitrogens is 1. The van der Waals surface area contributed by atoms with Crippen molar-refractivity contribution in [2.24, 2.45) is 0 Å². The Balaban J connectivity index is 3.17. The van der Waals surface area contributed by atoms with Gasteiger partial charge >= 0.3 is 0 Å². The first-order valence-corrected chi connectivity index (χ1v) is 5.70. The van der Waals surface area contributed by atoms with Crippen LogP contribution in [0.1, 0.15) is 37.9 Å². The maximum Gasteiger partial charge on any atom is 0.265 e. The number of aryl methyl sites for hydroxylation is 1. The fraction of sp³-hybridized carbons (Fsp3) is 0.600. The molecule has 1 heterocycles. The predicted octanol–water partition coefficient (Wildman–Crippen LogP) is 2.19. The first kappa shape index (κ1) is 12.4. The molecule has 1 aromatic heterocycles. The highest BCUT2D eigenvalue weighted by atomic mass is 79.9. The molecule has 4 nitrogen and oxygen atoms in total. The Bertz CT molecular complexity index is 389. The molecule has 0 saturated heterocycles. The molecular weight excluding hydrogens is 260 g/mol. The third-order valence-corrected chi connectivity index (χ3v) is 2.99. The van der Waals surface area contributed by atoms with E-state index >= 15 is 0 Å². The standard InChI is InChI=1S/C10H15BrN2O2/c1-4-5-7-8(11)10(14)13-9(12-7)6(2)15-3/h6H,4-5H2,1-3H3,(H,12,13,14). The summed E-state index contributed by atoms with van der Waals surface area (Å²) in [5.41, 5.74) is 0.646. The average molecular weight is 275 g/mol. The maximum atomic E-state index is 11.6. The maximum absolute atomic E-state index is 11.6. The van der Waals surface area contributed by atoms with E-state index in [1.807, 2.05) is 6.92 Å². The predicted molar refractivity (Wildman–Crippen MR) is 62.0 cm³/mol. The van der Waals surface area contributed by atoms with Crippen LogP contribution in [0.15, 0.2) is 9.27 Å². The number of aromatic nitrogens is 2. The van der Waals surface area contributed by atoms with Crippen LogP contribution in [0.25, 0.3) is 0 Å². The fourth-order valence-corrected chi connectivity index (χ4v) is 1.62. The zero-order valence-corrected chi connectivity index (χ0v) is 10.7. The van der Waals surface area contributed by atoms with Gasteiger partial charge in [0.05, 0.1) is 5.69 Å². The van der Waals surface area contributed by atoms with E-state index in [0.29, 0.717) is 10.3 Å². The molecule has 1 N–H and O–H groups in total. The Morgan fingerprint density at radius 1 is 1.60 bits per heavy atom. The van der Waals surface area contributed by atoms with Crippen molar-refractivity contribution in [3.05, 3.63) is 26.3 Å².